The number of carbonyl (C=O) groups is 1. The van der Waals surface area contributed by atoms with Gasteiger partial charge >= 0.3 is 0 Å². The van der Waals surface area contributed by atoms with E-state index in [4.69, 9.17) is 11.6 Å². The van der Waals surface area contributed by atoms with Crippen LogP contribution in [0.3, 0.4) is 0 Å². The minimum absolute atomic E-state index is 0.302. The Morgan fingerprint density at radius 3 is 2.31 bits per heavy atom. The van der Waals surface area contributed by atoms with Crippen molar-refractivity contribution in [1.29, 1.82) is 0 Å². The molecule has 2 rings (SSSR count). The van der Waals surface area contributed by atoms with Gasteiger partial charge in [0.15, 0.2) is 0 Å². The van der Waals surface area contributed by atoms with Gasteiger partial charge in [0.1, 0.15) is 6.29 Å². The summed E-state index contributed by atoms with van der Waals surface area (Å²) in [7, 11) is 0. The summed E-state index contributed by atoms with van der Waals surface area (Å²) in [6.07, 6.45) is 2.74. The fraction of sp³-hybridized carbons (Fsp3) is 0.364. The molecule has 68 valence electrons. The van der Waals surface area contributed by atoms with Crippen molar-refractivity contribution in [1.82, 2.24) is 0 Å². The van der Waals surface area contributed by atoms with Gasteiger partial charge in [0, 0.05) is 0 Å². The first-order valence-corrected chi connectivity index (χ1v) is 4.91. The molecule has 0 radical (unpaired) electrons. The van der Waals surface area contributed by atoms with E-state index in [1.165, 1.54) is 11.1 Å². The zero-order valence-corrected chi connectivity index (χ0v) is 8.00. The van der Waals surface area contributed by atoms with E-state index in [9.17, 15) is 4.79 Å². The molecule has 0 spiro atoms. The maximum atomic E-state index is 10.5. The van der Waals surface area contributed by atoms with Crippen LogP contribution in [0.25, 0.3) is 0 Å². The molecule has 0 saturated carbocycles. The van der Waals surface area contributed by atoms with Crippen LogP contribution >= 0.6 is 11.6 Å². The topological polar surface area (TPSA) is 17.1 Å². The van der Waals surface area contributed by atoms with Crippen molar-refractivity contribution < 1.29 is 4.79 Å². The van der Waals surface area contributed by atoms with Crippen molar-refractivity contribution in [3.05, 3.63) is 35.4 Å². The molecule has 0 aromatic heterocycles. The fourth-order valence-electron chi connectivity index (χ4n) is 1.93. The Morgan fingerprint density at radius 1 is 1.31 bits per heavy atom. The first-order chi connectivity index (χ1) is 6.31. The van der Waals surface area contributed by atoms with Gasteiger partial charge in [-0.25, -0.2) is 0 Å². The van der Waals surface area contributed by atoms with Crippen molar-refractivity contribution >= 4 is 17.9 Å². The van der Waals surface area contributed by atoms with Crippen LogP contribution in [0.2, 0.25) is 0 Å². The minimum Gasteiger partial charge on any atom is -0.302 e. The number of alkyl halides is 1. The predicted octanol–water partition coefficient (Wildman–Crippen LogP) is 2.21. The molecule has 1 atom stereocenters. The van der Waals surface area contributed by atoms with Gasteiger partial charge in [-0.05, 0) is 29.9 Å². The van der Waals surface area contributed by atoms with Crippen LogP contribution in [-0.4, -0.2) is 11.7 Å². The Bertz CT molecular complexity index is 297. The molecule has 0 N–H and O–H groups in total. The van der Waals surface area contributed by atoms with E-state index in [1.54, 1.807) is 0 Å². The van der Waals surface area contributed by atoms with Gasteiger partial charge in [-0.1, -0.05) is 24.3 Å². The van der Waals surface area contributed by atoms with Crippen LogP contribution in [0.15, 0.2) is 24.3 Å². The minimum atomic E-state index is -0.326. The van der Waals surface area contributed by atoms with Gasteiger partial charge in [-0.15, -0.1) is 11.6 Å². The molecule has 13 heavy (non-hydrogen) atoms. The van der Waals surface area contributed by atoms with E-state index < -0.39 is 0 Å². The molecule has 0 fully saturated rings. The first-order valence-electron chi connectivity index (χ1n) is 4.47. The van der Waals surface area contributed by atoms with E-state index in [2.05, 4.69) is 12.1 Å². The average molecular weight is 195 g/mol. The average Bonchev–Trinajstić information content (AvgIpc) is 2.59. The summed E-state index contributed by atoms with van der Waals surface area (Å²) in [5.41, 5.74) is 2.69. The van der Waals surface area contributed by atoms with Crippen LogP contribution in [0.1, 0.15) is 11.1 Å². The molecule has 0 aliphatic heterocycles. The predicted molar refractivity (Wildman–Crippen MR) is 53.0 cm³/mol. The van der Waals surface area contributed by atoms with Crippen LogP contribution in [0, 0.1) is 5.92 Å². The number of carbonyl (C=O) groups excluding carboxylic acids is 1. The molecule has 1 aromatic rings. The smallest absolute Gasteiger partial charge is 0.138 e. The van der Waals surface area contributed by atoms with E-state index >= 15 is 0 Å². The highest BCUT2D eigenvalue weighted by Gasteiger charge is 2.26. The zero-order chi connectivity index (χ0) is 9.26. The van der Waals surface area contributed by atoms with Crippen LogP contribution < -0.4 is 0 Å². The second-order valence-electron chi connectivity index (χ2n) is 3.52. The molecule has 1 aliphatic carbocycles. The highest BCUT2D eigenvalue weighted by atomic mass is 35.5. The number of benzene rings is 1. The maximum absolute atomic E-state index is 10.5. The third-order valence-corrected chi connectivity index (χ3v) is 3.12. The van der Waals surface area contributed by atoms with E-state index in [0.29, 0.717) is 5.92 Å². The third kappa shape index (κ3) is 1.61. The van der Waals surface area contributed by atoms with E-state index in [0.717, 1.165) is 19.1 Å². The summed E-state index contributed by atoms with van der Waals surface area (Å²) >= 11 is 5.89. The Morgan fingerprint density at radius 2 is 1.85 bits per heavy atom. The Labute approximate surface area is 82.7 Å². The molecular formula is C11H11ClO. The van der Waals surface area contributed by atoms with Crippen molar-refractivity contribution in [3.63, 3.8) is 0 Å². The standard InChI is InChI=1S/C11H11ClO/c12-11(7-13)10-5-8-3-1-2-4-9(8)6-10/h1-4,7,10-11H,5-6H2. The largest absolute Gasteiger partial charge is 0.302 e. The Hall–Kier alpha value is -0.820. The number of hydrogen-bond donors (Lipinski definition) is 0. The maximum Gasteiger partial charge on any atom is 0.138 e. The molecule has 1 aromatic carbocycles. The van der Waals surface area contributed by atoms with Crippen molar-refractivity contribution in [2.75, 3.05) is 0 Å². The molecule has 0 bridgehead atoms. The number of rotatable bonds is 2. The molecular weight excluding hydrogens is 184 g/mol. The van der Waals surface area contributed by atoms with Gasteiger partial charge in [0.25, 0.3) is 0 Å². The molecule has 1 nitrogen and oxygen atoms in total. The van der Waals surface area contributed by atoms with E-state index in [-0.39, 0.29) is 5.38 Å². The monoisotopic (exact) mass is 194 g/mol. The van der Waals surface area contributed by atoms with Crippen LogP contribution in [0.5, 0.6) is 0 Å². The van der Waals surface area contributed by atoms with Crippen LogP contribution in [-0.2, 0) is 17.6 Å². The quantitative estimate of drug-likeness (QED) is 0.521. The number of fused-ring (bicyclic) bond motifs is 1. The molecule has 0 heterocycles. The molecule has 2 heteroatoms. The Balaban J connectivity index is 2.18. The third-order valence-electron chi connectivity index (χ3n) is 2.66. The summed E-state index contributed by atoms with van der Waals surface area (Å²) in [6, 6.07) is 8.30. The molecule has 1 unspecified atom stereocenters. The van der Waals surface area contributed by atoms with Gasteiger partial charge in [-0.2, -0.15) is 0 Å². The summed E-state index contributed by atoms with van der Waals surface area (Å²) in [5, 5.41) is -0.326. The lowest BCUT2D eigenvalue weighted by molar-refractivity contribution is -0.108. The summed E-state index contributed by atoms with van der Waals surface area (Å²) in [6.45, 7) is 0. The van der Waals surface area contributed by atoms with Crippen molar-refractivity contribution in [2.24, 2.45) is 5.92 Å². The highest BCUT2D eigenvalue weighted by molar-refractivity contribution is 6.27. The van der Waals surface area contributed by atoms with E-state index in [1.807, 2.05) is 12.1 Å². The second-order valence-corrected chi connectivity index (χ2v) is 4.02. The number of halogens is 1. The lowest BCUT2D eigenvalue weighted by Crippen LogP contribution is -2.16. The van der Waals surface area contributed by atoms with Crippen molar-refractivity contribution in [3.8, 4) is 0 Å². The highest BCUT2D eigenvalue weighted by Crippen LogP contribution is 2.29. The summed E-state index contributed by atoms with van der Waals surface area (Å²) in [4.78, 5) is 10.5. The number of aldehydes is 1. The molecule has 1 aliphatic rings. The lowest BCUT2D eigenvalue weighted by atomic mass is 10.0. The van der Waals surface area contributed by atoms with Crippen molar-refractivity contribution in [2.45, 2.75) is 18.2 Å². The second kappa shape index (κ2) is 3.51. The van der Waals surface area contributed by atoms with Gasteiger partial charge < -0.3 is 4.79 Å². The first kappa shape index (κ1) is 8.76. The summed E-state index contributed by atoms with van der Waals surface area (Å²) < 4.78 is 0. The van der Waals surface area contributed by atoms with Gasteiger partial charge in [0.05, 0.1) is 5.38 Å². The Kier molecular flexibility index (Phi) is 2.36. The fourth-order valence-corrected chi connectivity index (χ4v) is 2.11. The van der Waals surface area contributed by atoms with Gasteiger partial charge in [0.2, 0.25) is 0 Å². The number of hydrogen-bond acceptors (Lipinski definition) is 1. The summed E-state index contributed by atoms with van der Waals surface area (Å²) in [5.74, 6) is 0.302. The normalized spacial score (nSPS) is 18.2. The van der Waals surface area contributed by atoms with Gasteiger partial charge in [-0.3, -0.25) is 0 Å². The SMILES string of the molecule is O=CC(Cl)C1Cc2ccccc2C1. The van der Waals surface area contributed by atoms with Crippen LogP contribution in [0.4, 0.5) is 0 Å². The molecule has 0 saturated heterocycles. The lowest BCUT2D eigenvalue weighted by Gasteiger charge is -2.08. The molecule has 0 amide bonds. The zero-order valence-electron chi connectivity index (χ0n) is 7.24.